The van der Waals surface area contributed by atoms with Gasteiger partial charge in [0.2, 0.25) is 0 Å². The molecule has 0 aromatic carbocycles. The number of thioether (sulfide) groups is 1. The van der Waals surface area contributed by atoms with Gasteiger partial charge in [-0.15, -0.1) is 0 Å². The zero-order valence-corrected chi connectivity index (χ0v) is 8.39. The maximum Gasteiger partial charge on any atom is 0.109 e. The molecule has 0 atom stereocenters. The zero-order chi connectivity index (χ0) is 8.85. The van der Waals surface area contributed by atoms with Crippen molar-refractivity contribution in [2.24, 2.45) is 0 Å². The molecule has 0 spiro atoms. The highest BCUT2D eigenvalue weighted by molar-refractivity contribution is 8.06. The van der Waals surface area contributed by atoms with Crippen LogP contribution in [0.5, 0.6) is 0 Å². The molecule has 11 heavy (non-hydrogen) atoms. The van der Waals surface area contributed by atoms with Gasteiger partial charge in [-0.25, -0.2) is 4.39 Å². The van der Waals surface area contributed by atoms with E-state index in [9.17, 15) is 4.39 Å². The van der Waals surface area contributed by atoms with E-state index in [0.717, 1.165) is 4.91 Å². The number of rotatable bonds is 3. The molecule has 0 rings (SSSR count). The predicted molar refractivity (Wildman–Crippen MR) is 51.4 cm³/mol. The fraction of sp³-hybridized carbons (Fsp3) is 0.556. The fourth-order valence-electron chi connectivity index (χ4n) is 0.494. The lowest BCUT2D eigenvalue weighted by Gasteiger charge is -2.02. The minimum absolute atomic E-state index is 0.366. The molecule has 2 heteroatoms. The van der Waals surface area contributed by atoms with Crippen LogP contribution < -0.4 is 0 Å². The Morgan fingerprint density at radius 3 is 2.18 bits per heavy atom. The molecule has 64 valence electrons. The van der Waals surface area contributed by atoms with Gasteiger partial charge in [-0.2, -0.15) is 0 Å². The summed E-state index contributed by atoms with van der Waals surface area (Å²) in [5.74, 6) is 0. The first kappa shape index (κ1) is 10.8. The maximum absolute atomic E-state index is 11.8. The van der Waals surface area contributed by atoms with Crippen LogP contribution in [0.15, 0.2) is 21.5 Å². The second kappa shape index (κ2) is 5.42. The molecule has 0 aliphatic rings. The van der Waals surface area contributed by atoms with Crippen LogP contribution in [0.2, 0.25) is 0 Å². The third-order valence-corrected chi connectivity index (χ3v) is 2.59. The Morgan fingerprint density at radius 1 is 1.27 bits per heavy atom. The summed E-state index contributed by atoms with van der Waals surface area (Å²) >= 11 is 1.63. The standard InChI is InChI=1S/C9H15FS/c1-7(2)9(4)11-8(3)5-6-10/h5H,6H2,1-4H3/b8-5-. The second-order valence-corrected chi connectivity index (χ2v) is 4.09. The summed E-state index contributed by atoms with van der Waals surface area (Å²) in [6, 6.07) is 0. The summed E-state index contributed by atoms with van der Waals surface area (Å²) in [6.07, 6.45) is 1.59. The Bertz CT molecular complexity index is 176. The van der Waals surface area contributed by atoms with E-state index >= 15 is 0 Å². The van der Waals surface area contributed by atoms with Crippen LogP contribution in [0.1, 0.15) is 27.7 Å². The van der Waals surface area contributed by atoms with Crippen LogP contribution in [-0.4, -0.2) is 6.67 Å². The quantitative estimate of drug-likeness (QED) is 0.625. The van der Waals surface area contributed by atoms with Gasteiger partial charge in [0, 0.05) is 0 Å². The van der Waals surface area contributed by atoms with Gasteiger partial charge in [0.15, 0.2) is 0 Å². The van der Waals surface area contributed by atoms with Crippen molar-refractivity contribution in [1.82, 2.24) is 0 Å². The molecule has 0 aliphatic heterocycles. The Balaban J connectivity index is 4.06. The topological polar surface area (TPSA) is 0 Å². The van der Waals surface area contributed by atoms with E-state index in [1.807, 2.05) is 6.92 Å². The van der Waals surface area contributed by atoms with Crippen LogP contribution in [0.25, 0.3) is 0 Å². The van der Waals surface area contributed by atoms with E-state index < -0.39 is 0 Å². The minimum Gasteiger partial charge on any atom is -0.247 e. The second-order valence-electron chi connectivity index (χ2n) is 2.63. The van der Waals surface area contributed by atoms with E-state index in [1.165, 1.54) is 10.5 Å². The van der Waals surface area contributed by atoms with Crippen LogP contribution in [0.4, 0.5) is 4.39 Å². The Kier molecular flexibility index (Phi) is 5.30. The maximum atomic E-state index is 11.8. The van der Waals surface area contributed by atoms with Gasteiger partial charge in [-0.3, -0.25) is 0 Å². The molecular formula is C9H15FS. The van der Waals surface area contributed by atoms with Crippen LogP contribution in [-0.2, 0) is 0 Å². The number of hydrogen-bond donors (Lipinski definition) is 0. The van der Waals surface area contributed by atoms with Crippen molar-refractivity contribution in [3.63, 3.8) is 0 Å². The number of alkyl halides is 1. The third kappa shape index (κ3) is 5.08. The Hall–Kier alpha value is -0.240. The summed E-state index contributed by atoms with van der Waals surface area (Å²) < 4.78 is 11.8. The average molecular weight is 174 g/mol. The van der Waals surface area contributed by atoms with Gasteiger partial charge < -0.3 is 0 Å². The van der Waals surface area contributed by atoms with Gasteiger partial charge in [0.25, 0.3) is 0 Å². The summed E-state index contributed by atoms with van der Waals surface area (Å²) in [5.41, 5.74) is 1.29. The molecule has 0 amide bonds. The minimum atomic E-state index is -0.366. The van der Waals surface area contributed by atoms with Crippen molar-refractivity contribution in [1.29, 1.82) is 0 Å². The molecular weight excluding hydrogens is 159 g/mol. The number of allylic oxidation sites excluding steroid dienone is 4. The van der Waals surface area contributed by atoms with E-state index in [1.54, 1.807) is 17.8 Å². The van der Waals surface area contributed by atoms with Gasteiger partial charge in [-0.1, -0.05) is 17.3 Å². The Labute approximate surface area is 72.6 Å². The zero-order valence-electron chi connectivity index (χ0n) is 7.57. The third-order valence-electron chi connectivity index (χ3n) is 1.38. The van der Waals surface area contributed by atoms with Crippen LogP contribution in [0.3, 0.4) is 0 Å². The first-order valence-corrected chi connectivity index (χ1v) is 4.44. The van der Waals surface area contributed by atoms with Gasteiger partial charge in [0.05, 0.1) is 0 Å². The van der Waals surface area contributed by atoms with Crippen molar-refractivity contribution in [2.75, 3.05) is 6.67 Å². The predicted octanol–water partition coefficient (Wildman–Crippen LogP) is 3.91. The molecule has 0 bridgehead atoms. The SMILES string of the molecule is CC(C)=C(C)S/C(C)=C\CF. The molecule has 0 aromatic rings. The van der Waals surface area contributed by atoms with Crippen molar-refractivity contribution in [3.8, 4) is 0 Å². The number of hydrogen-bond acceptors (Lipinski definition) is 1. The summed E-state index contributed by atoms with van der Waals surface area (Å²) in [6.45, 7) is 7.73. The van der Waals surface area contributed by atoms with E-state index in [-0.39, 0.29) is 6.67 Å². The van der Waals surface area contributed by atoms with Crippen LogP contribution in [0, 0.1) is 0 Å². The van der Waals surface area contributed by atoms with Crippen molar-refractivity contribution in [2.45, 2.75) is 27.7 Å². The van der Waals surface area contributed by atoms with Gasteiger partial charge >= 0.3 is 0 Å². The number of halogens is 1. The first-order valence-electron chi connectivity index (χ1n) is 3.62. The molecule has 0 aromatic heterocycles. The summed E-state index contributed by atoms with van der Waals surface area (Å²) in [5, 5.41) is 0. The highest BCUT2D eigenvalue weighted by atomic mass is 32.2. The molecule has 0 N–H and O–H groups in total. The Morgan fingerprint density at radius 2 is 1.82 bits per heavy atom. The fourth-order valence-corrected chi connectivity index (χ4v) is 1.33. The molecule has 0 unspecified atom stereocenters. The normalized spacial score (nSPS) is 11.5. The van der Waals surface area contributed by atoms with Gasteiger partial charge in [-0.05, 0) is 43.6 Å². The molecule has 0 saturated carbocycles. The molecule has 0 saturated heterocycles. The smallest absolute Gasteiger partial charge is 0.109 e. The van der Waals surface area contributed by atoms with E-state index in [4.69, 9.17) is 0 Å². The summed E-state index contributed by atoms with van der Waals surface area (Å²) in [7, 11) is 0. The molecule has 0 aliphatic carbocycles. The first-order chi connectivity index (χ1) is 5.07. The van der Waals surface area contributed by atoms with E-state index in [0.29, 0.717) is 0 Å². The largest absolute Gasteiger partial charge is 0.247 e. The van der Waals surface area contributed by atoms with Crippen LogP contribution >= 0.6 is 11.8 Å². The lowest BCUT2D eigenvalue weighted by Crippen LogP contribution is -1.75. The summed E-state index contributed by atoms with van der Waals surface area (Å²) in [4.78, 5) is 2.29. The molecule has 0 heterocycles. The van der Waals surface area contributed by atoms with E-state index in [2.05, 4.69) is 20.8 Å². The van der Waals surface area contributed by atoms with Crippen molar-refractivity contribution >= 4 is 11.8 Å². The lowest BCUT2D eigenvalue weighted by atomic mass is 10.3. The monoisotopic (exact) mass is 174 g/mol. The van der Waals surface area contributed by atoms with Gasteiger partial charge in [0.1, 0.15) is 6.67 Å². The lowest BCUT2D eigenvalue weighted by molar-refractivity contribution is 0.561. The molecule has 0 nitrogen and oxygen atoms in total. The highest BCUT2D eigenvalue weighted by Crippen LogP contribution is 2.26. The van der Waals surface area contributed by atoms with Crippen molar-refractivity contribution in [3.05, 3.63) is 21.5 Å². The molecule has 0 fully saturated rings. The van der Waals surface area contributed by atoms with Crippen molar-refractivity contribution < 1.29 is 4.39 Å². The molecule has 0 radical (unpaired) electrons. The average Bonchev–Trinajstić information content (AvgIpc) is 1.87. The highest BCUT2D eigenvalue weighted by Gasteiger charge is 1.94.